The Hall–Kier alpha value is -0.0800. The first-order chi connectivity index (χ1) is 13.2. The lowest BCUT2D eigenvalue weighted by atomic mass is 9.37. The minimum Gasteiger partial charge on any atom is -0.393 e. The first-order valence-corrected chi connectivity index (χ1v) is 12.6. The molecule has 0 spiro atoms. The molecular weight excluding hydrogens is 344 g/mol. The van der Waals surface area contributed by atoms with Gasteiger partial charge < -0.3 is 10.2 Å². The molecule has 0 aromatic heterocycles. The molecule has 0 aliphatic heterocycles. The van der Waals surface area contributed by atoms with E-state index < -0.39 is 0 Å². The summed E-state index contributed by atoms with van der Waals surface area (Å²) in [4.78, 5) is 0. The molecular formula is C26H44O2. The van der Waals surface area contributed by atoms with E-state index in [0.717, 1.165) is 23.7 Å². The molecule has 0 aromatic rings. The van der Waals surface area contributed by atoms with Crippen LogP contribution >= 0.6 is 0 Å². The van der Waals surface area contributed by atoms with Crippen LogP contribution in [-0.4, -0.2) is 22.4 Å². The van der Waals surface area contributed by atoms with Crippen LogP contribution in [0.5, 0.6) is 0 Å². The average Bonchev–Trinajstić information content (AvgIpc) is 2.62. The molecule has 2 heteroatoms. The minimum absolute atomic E-state index is 0.0827. The third kappa shape index (κ3) is 2.95. The molecule has 6 aliphatic rings. The van der Waals surface area contributed by atoms with E-state index in [1.165, 1.54) is 64.2 Å². The molecule has 160 valence electrons. The zero-order chi connectivity index (χ0) is 19.8. The fraction of sp³-hybridized carbons (Fsp3) is 1.00. The number of hydrogen-bond acceptors (Lipinski definition) is 2. The lowest BCUT2D eigenvalue weighted by molar-refractivity contribution is -0.186. The number of hydrogen-bond donors (Lipinski definition) is 2. The number of aliphatic hydroxyl groups excluding tert-OH is 2. The van der Waals surface area contributed by atoms with E-state index >= 15 is 0 Å². The van der Waals surface area contributed by atoms with Crippen LogP contribution in [0, 0.1) is 58.2 Å². The van der Waals surface area contributed by atoms with Crippen LogP contribution in [0.25, 0.3) is 0 Å². The van der Waals surface area contributed by atoms with E-state index in [1.54, 1.807) is 0 Å². The standard InChI is InChI=1S/C26H44O2/c1-15-5-21(6-16(2)23(15)27)25-10-19-9-20(11-25)13-26(12-19,14-25)22-7-17(3)24(28)18(4)8-22/h15-24,27-28H,5-14H2,1-4H3. The summed E-state index contributed by atoms with van der Waals surface area (Å²) in [5.41, 5.74) is 1.16. The summed E-state index contributed by atoms with van der Waals surface area (Å²) in [6.07, 6.45) is 13.8. The highest BCUT2D eigenvalue weighted by Gasteiger charge is 2.62. The van der Waals surface area contributed by atoms with Gasteiger partial charge in [0, 0.05) is 0 Å². The van der Waals surface area contributed by atoms with Crippen LogP contribution < -0.4 is 0 Å². The quantitative estimate of drug-likeness (QED) is 0.641. The Kier molecular flexibility index (Phi) is 4.76. The molecule has 0 heterocycles. The number of rotatable bonds is 2. The lowest BCUT2D eigenvalue weighted by Crippen LogP contribution is -2.59. The van der Waals surface area contributed by atoms with Crippen LogP contribution in [0.2, 0.25) is 0 Å². The first kappa shape index (κ1) is 19.9. The Morgan fingerprint density at radius 1 is 0.536 bits per heavy atom. The van der Waals surface area contributed by atoms with Gasteiger partial charge in [-0.25, -0.2) is 0 Å². The third-order valence-electron chi connectivity index (χ3n) is 10.8. The highest BCUT2D eigenvalue weighted by atomic mass is 16.3. The Labute approximate surface area is 172 Å². The van der Waals surface area contributed by atoms with Crippen molar-refractivity contribution in [2.75, 3.05) is 0 Å². The SMILES string of the molecule is CC1CC(C23CC4CC(C2)CC(C2CC(C)C(O)C(C)C2)(C4)C3)CC(C)C1O. The van der Waals surface area contributed by atoms with Gasteiger partial charge in [0.05, 0.1) is 12.2 Å². The molecule has 6 rings (SSSR count). The molecule has 0 amide bonds. The van der Waals surface area contributed by atoms with Crippen LogP contribution in [0.15, 0.2) is 0 Å². The van der Waals surface area contributed by atoms with E-state index in [2.05, 4.69) is 27.7 Å². The van der Waals surface area contributed by atoms with Crippen LogP contribution in [0.1, 0.15) is 91.9 Å². The molecule has 6 fully saturated rings. The van der Waals surface area contributed by atoms with Gasteiger partial charge in [0.15, 0.2) is 0 Å². The maximum absolute atomic E-state index is 10.6. The van der Waals surface area contributed by atoms with Crippen molar-refractivity contribution >= 4 is 0 Å². The van der Waals surface area contributed by atoms with E-state index in [9.17, 15) is 10.2 Å². The molecule has 28 heavy (non-hydrogen) atoms. The zero-order valence-corrected chi connectivity index (χ0v) is 18.7. The second kappa shape index (κ2) is 6.71. The second-order valence-electron chi connectivity index (χ2n) is 12.9. The van der Waals surface area contributed by atoms with Crippen molar-refractivity contribution in [3.63, 3.8) is 0 Å². The molecule has 6 aliphatic carbocycles. The molecule has 0 aromatic carbocycles. The number of aliphatic hydroxyl groups is 2. The summed E-state index contributed by atoms with van der Waals surface area (Å²) in [5.74, 6) is 5.52. The molecule has 0 radical (unpaired) electrons. The van der Waals surface area contributed by atoms with E-state index in [4.69, 9.17) is 0 Å². The molecule has 4 unspecified atom stereocenters. The Bertz CT molecular complexity index is 513. The molecule has 4 bridgehead atoms. The van der Waals surface area contributed by atoms with Crippen molar-refractivity contribution in [3.05, 3.63) is 0 Å². The first-order valence-electron chi connectivity index (χ1n) is 12.6. The molecule has 0 saturated heterocycles. The van der Waals surface area contributed by atoms with Gasteiger partial charge in [-0.1, -0.05) is 27.7 Å². The van der Waals surface area contributed by atoms with Crippen molar-refractivity contribution in [2.45, 2.75) is 104 Å². The van der Waals surface area contributed by atoms with Crippen LogP contribution in [0.3, 0.4) is 0 Å². The van der Waals surface area contributed by atoms with Gasteiger partial charge in [0.1, 0.15) is 0 Å². The van der Waals surface area contributed by atoms with E-state index in [0.29, 0.717) is 34.5 Å². The summed E-state index contributed by atoms with van der Waals surface area (Å²) in [5, 5.41) is 21.1. The summed E-state index contributed by atoms with van der Waals surface area (Å²) < 4.78 is 0. The topological polar surface area (TPSA) is 40.5 Å². The maximum atomic E-state index is 10.6. The Morgan fingerprint density at radius 3 is 1.18 bits per heavy atom. The maximum Gasteiger partial charge on any atom is 0.0591 e. The van der Waals surface area contributed by atoms with Gasteiger partial charge in [-0.3, -0.25) is 0 Å². The smallest absolute Gasteiger partial charge is 0.0591 e. The Balaban J connectivity index is 1.43. The summed E-state index contributed by atoms with van der Waals surface area (Å²) >= 11 is 0. The molecule has 4 atom stereocenters. The predicted octanol–water partition coefficient (Wildman–Crippen LogP) is 5.66. The fourth-order valence-corrected chi connectivity index (χ4v) is 10.0. The monoisotopic (exact) mass is 388 g/mol. The van der Waals surface area contributed by atoms with Crippen molar-refractivity contribution in [1.82, 2.24) is 0 Å². The molecule has 2 nitrogen and oxygen atoms in total. The third-order valence-corrected chi connectivity index (χ3v) is 10.8. The molecule has 2 N–H and O–H groups in total. The normalized spacial score (nSPS) is 61.5. The molecule has 6 saturated carbocycles. The summed E-state index contributed by atoms with van der Waals surface area (Å²) in [6.45, 7) is 9.20. The largest absolute Gasteiger partial charge is 0.393 e. The summed E-state index contributed by atoms with van der Waals surface area (Å²) in [7, 11) is 0. The van der Waals surface area contributed by atoms with Crippen molar-refractivity contribution in [1.29, 1.82) is 0 Å². The second-order valence-corrected chi connectivity index (χ2v) is 12.9. The van der Waals surface area contributed by atoms with Gasteiger partial charge in [-0.2, -0.15) is 0 Å². The van der Waals surface area contributed by atoms with Gasteiger partial charge in [0.25, 0.3) is 0 Å². The van der Waals surface area contributed by atoms with Crippen molar-refractivity contribution in [2.24, 2.45) is 58.2 Å². The van der Waals surface area contributed by atoms with Gasteiger partial charge in [-0.15, -0.1) is 0 Å². The Morgan fingerprint density at radius 2 is 0.857 bits per heavy atom. The van der Waals surface area contributed by atoms with E-state index in [-0.39, 0.29) is 12.2 Å². The van der Waals surface area contributed by atoms with Gasteiger partial charge in [-0.05, 0) is 122 Å². The predicted molar refractivity (Wildman–Crippen MR) is 114 cm³/mol. The fourth-order valence-electron chi connectivity index (χ4n) is 10.0. The highest BCUT2D eigenvalue weighted by molar-refractivity contribution is 5.12. The van der Waals surface area contributed by atoms with Crippen LogP contribution in [0.4, 0.5) is 0 Å². The van der Waals surface area contributed by atoms with Crippen molar-refractivity contribution in [3.8, 4) is 0 Å². The van der Waals surface area contributed by atoms with Gasteiger partial charge >= 0.3 is 0 Å². The zero-order valence-electron chi connectivity index (χ0n) is 18.7. The van der Waals surface area contributed by atoms with E-state index in [1.807, 2.05) is 0 Å². The summed E-state index contributed by atoms with van der Waals surface area (Å²) in [6, 6.07) is 0. The van der Waals surface area contributed by atoms with Crippen LogP contribution in [-0.2, 0) is 0 Å². The lowest BCUT2D eigenvalue weighted by Gasteiger charge is -2.68. The van der Waals surface area contributed by atoms with Crippen molar-refractivity contribution < 1.29 is 10.2 Å². The average molecular weight is 389 g/mol. The minimum atomic E-state index is -0.0827. The van der Waals surface area contributed by atoms with Gasteiger partial charge in [0.2, 0.25) is 0 Å². The highest BCUT2D eigenvalue weighted by Crippen LogP contribution is 2.72.